The lowest BCUT2D eigenvalue weighted by Crippen LogP contribution is -2.61. The number of benzene rings is 1. The summed E-state index contributed by atoms with van der Waals surface area (Å²) in [5.41, 5.74) is 0.883. The summed E-state index contributed by atoms with van der Waals surface area (Å²) in [5, 5.41) is 2.53. The highest BCUT2D eigenvalue weighted by Gasteiger charge is 2.52. The topological polar surface area (TPSA) is 30.9 Å². The molecule has 2 aliphatic rings. The summed E-state index contributed by atoms with van der Waals surface area (Å²) in [6.07, 6.45) is 78.8. The van der Waals surface area contributed by atoms with Gasteiger partial charge in [-0.2, -0.15) is 5.06 Å². The fourth-order valence-corrected chi connectivity index (χ4v) is 14.1. The van der Waals surface area contributed by atoms with Crippen molar-refractivity contribution < 1.29 is 14.3 Å². The van der Waals surface area contributed by atoms with Crippen LogP contribution in [0.25, 0.3) is 0 Å². The molecular weight excluding hydrogens is 963 g/mol. The third kappa shape index (κ3) is 35.8. The van der Waals surface area contributed by atoms with Crippen molar-refractivity contribution in [1.29, 1.82) is 0 Å². The van der Waals surface area contributed by atoms with Gasteiger partial charge in [0.1, 0.15) is 6.10 Å². The van der Waals surface area contributed by atoms with E-state index in [9.17, 15) is 0 Å². The molecule has 0 bridgehead atoms. The van der Waals surface area contributed by atoms with Crippen LogP contribution in [0.4, 0.5) is 0 Å². The first kappa shape index (κ1) is 72.3. The zero-order valence-corrected chi connectivity index (χ0v) is 54.7. The van der Waals surface area contributed by atoms with E-state index in [1.807, 2.05) is 0 Å². The van der Waals surface area contributed by atoms with Gasteiger partial charge in [-0.1, -0.05) is 372 Å². The molecule has 2 aliphatic heterocycles. The third-order valence-corrected chi connectivity index (χ3v) is 19.6. The first-order chi connectivity index (χ1) is 38.8. The van der Waals surface area contributed by atoms with Gasteiger partial charge in [0, 0.05) is 18.4 Å². The summed E-state index contributed by atoms with van der Waals surface area (Å²) in [5.74, 6) is -0.561. The maximum Gasteiger partial charge on any atom is 0.170 e. The van der Waals surface area contributed by atoms with Crippen molar-refractivity contribution in [2.24, 2.45) is 0 Å². The van der Waals surface area contributed by atoms with Gasteiger partial charge in [-0.15, -0.1) is 0 Å². The van der Waals surface area contributed by atoms with Gasteiger partial charge in [-0.25, -0.2) is 0 Å². The van der Waals surface area contributed by atoms with Crippen molar-refractivity contribution in [2.75, 3.05) is 6.61 Å². The molecule has 3 rings (SSSR count). The molecule has 2 saturated heterocycles. The summed E-state index contributed by atoms with van der Waals surface area (Å²) in [6, 6.07) is 11.0. The smallest absolute Gasteiger partial charge is 0.170 e. The number of hydrogen-bond acceptors (Lipinski definition) is 4. The molecule has 0 aliphatic carbocycles. The molecule has 0 radical (unpaired) electrons. The minimum absolute atomic E-state index is 0.0417. The standard InChI is InChI=1S/C75H141NO3/c1-7-10-11-12-54-60-65-72-68-77-75(78-72)67-62-56-53-51-49-47-45-43-41-39-37-35-33-31-29-27-25-23-21-19-17-15-13-14-16-18-20-22-24-26-28-30-32-34-36-38-40-42-44-46-48-50-52-55-61-66-73(5,6)76(74(8-2,9-3)69-75)79-70(4)71-63-58-57-59-64-71/h57-59,63-64,70,72H,7-56,60-62,65-69H2,1-6H3. The molecule has 2 heterocycles. The van der Waals surface area contributed by atoms with Gasteiger partial charge in [0.2, 0.25) is 0 Å². The number of nitrogens with zero attached hydrogens (tertiary/aromatic N) is 1. The Balaban J connectivity index is 1.56. The van der Waals surface area contributed by atoms with Gasteiger partial charge in [-0.05, 0) is 58.4 Å². The molecule has 1 aromatic rings. The summed E-state index contributed by atoms with van der Waals surface area (Å²) < 4.78 is 14.5. The lowest BCUT2D eigenvalue weighted by atomic mass is 9.79. The van der Waals surface area contributed by atoms with Crippen LogP contribution in [-0.4, -0.2) is 34.6 Å². The van der Waals surface area contributed by atoms with Crippen molar-refractivity contribution >= 4 is 0 Å². The summed E-state index contributed by atoms with van der Waals surface area (Å²) in [4.78, 5) is 7.42. The SMILES string of the molecule is CCCCCCCCC1COC2(CCCCCCCCCCCCCCCCCCCCCCCCCCCCCCCCCCCCCCCCCCCCCCCC(C)(C)N(OC(C)c3ccccc3)C(CC)(CC)C2)O1. The quantitative estimate of drug-likeness (QED) is 0.195. The van der Waals surface area contributed by atoms with Crippen molar-refractivity contribution in [3.8, 4) is 0 Å². The Kier molecular flexibility index (Phi) is 45.2. The van der Waals surface area contributed by atoms with Gasteiger partial charge < -0.3 is 9.47 Å². The second-order valence-corrected chi connectivity index (χ2v) is 27.3. The number of hydrogen-bond donors (Lipinski definition) is 0. The van der Waals surface area contributed by atoms with E-state index in [1.54, 1.807) is 0 Å². The molecule has 3 atom stereocenters. The normalized spacial score (nSPS) is 25.6. The minimum Gasteiger partial charge on any atom is -0.347 e. The van der Waals surface area contributed by atoms with Crippen LogP contribution >= 0.6 is 0 Å². The lowest BCUT2D eigenvalue weighted by Gasteiger charge is -2.53. The number of ether oxygens (including phenoxy) is 2. The molecule has 4 heteroatoms. The zero-order valence-electron chi connectivity index (χ0n) is 54.7. The van der Waals surface area contributed by atoms with E-state index in [0.29, 0.717) is 0 Å². The van der Waals surface area contributed by atoms with Crippen LogP contribution in [0.2, 0.25) is 0 Å². The molecular formula is C75H141NO3. The van der Waals surface area contributed by atoms with E-state index >= 15 is 0 Å². The highest BCUT2D eigenvalue weighted by molar-refractivity contribution is 5.17. The van der Waals surface area contributed by atoms with E-state index in [4.69, 9.17) is 14.3 Å². The molecule has 0 aromatic heterocycles. The Morgan fingerprint density at radius 1 is 0.430 bits per heavy atom. The molecule has 1 spiro atoms. The molecule has 1 aromatic carbocycles. The first-order valence-electron chi connectivity index (χ1n) is 36.6. The van der Waals surface area contributed by atoms with Crippen molar-refractivity contribution in [3.63, 3.8) is 0 Å². The van der Waals surface area contributed by atoms with Gasteiger partial charge >= 0.3 is 0 Å². The Hall–Kier alpha value is -0.940. The Labute approximate surface area is 496 Å². The van der Waals surface area contributed by atoms with E-state index in [0.717, 1.165) is 45.1 Å². The predicted octanol–water partition coefficient (Wildman–Crippen LogP) is 25.9. The van der Waals surface area contributed by atoms with Crippen LogP contribution < -0.4 is 0 Å². The first-order valence-corrected chi connectivity index (χ1v) is 36.6. The van der Waals surface area contributed by atoms with E-state index < -0.39 is 5.79 Å². The average Bonchev–Trinajstić information content (AvgIpc) is 4.06. The average molecular weight is 1100 g/mol. The molecule has 79 heavy (non-hydrogen) atoms. The fraction of sp³-hybridized carbons (Fsp3) is 0.920. The van der Waals surface area contributed by atoms with E-state index in [1.165, 1.54) is 333 Å². The summed E-state index contributed by atoms with van der Waals surface area (Å²) in [7, 11) is 0. The molecule has 464 valence electrons. The second kappa shape index (κ2) is 49.3. The van der Waals surface area contributed by atoms with Gasteiger partial charge in [0.05, 0.1) is 18.2 Å². The largest absolute Gasteiger partial charge is 0.347 e. The van der Waals surface area contributed by atoms with Crippen molar-refractivity contribution in [3.05, 3.63) is 35.9 Å². The lowest BCUT2D eigenvalue weighted by molar-refractivity contribution is -0.320. The van der Waals surface area contributed by atoms with E-state index in [-0.39, 0.29) is 23.3 Å². The molecule has 0 amide bonds. The fourth-order valence-electron chi connectivity index (χ4n) is 14.1. The molecule has 4 nitrogen and oxygen atoms in total. The maximum absolute atomic E-state index is 7.42. The molecule has 0 N–H and O–H groups in total. The maximum atomic E-state index is 7.42. The van der Waals surface area contributed by atoms with Crippen LogP contribution in [0.15, 0.2) is 30.3 Å². The van der Waals surface area contributed by atoms with Crippen LogP contribution in [-0.2, 0) is 14.3 Å². The van der Waals surface area contributed by atoms with Gasteiger partial charge in [-0.3, -0.25) is 4.84 Å². The second-order valence-electron chi connectivity index (χ2n) is 27.3. The van der Waals surface area contributed by atoms with Gasteiger partial charge in [0.15, 0.2) is 5.79 Å². The molecule has 2 fully saturated rings. The van der Waals surface area contributed by atoms with Crippen LogP contribution in [0, 0.1) is 0 Å². The number of hydroxylamine groups is 2. The van der Waals surface area contributed by atoms with Crippen molar-refractivity contribution in [1.82, 2.24) is 5.06 Å². The monoisotopic (exact) mass is 1100 g/mol. The molecule has 0 saturated carbocycles. The molecule has 3 unspecified atom stereocenters. The third-order valence-electron chi connectivity index (χ3n) is 19.6. The van der Waals surface area contributed by atoms with Gasteiger partial charge in [0.25, 0.3) is 0 Å². The summed E-state index contributed by atoms with van der Waals surface area (Å²) in [6.45, 7) is 15.1. The van der Waals surface area contributed by atoms with E-state index in [2.05, 4.69) is 76.9 Å². The predicted molar refractivity (Wildman–Crippen MR) is 348 cm³/mol. The Bertz CT molecular complexity index is 1430. The Morgan fingerprint density at radius 3 is 1.09 bits per heavy atom. The van der Waals surface area contributed by atoms with Crippen LogP contribution in [0.3, 0.4) is 0 Å². The summed E-state index contributed by atoms with van der Waals surface area (Å²) >= 11 is 0. The number of rotatable bonds is 12. The van der Waals surface area contributed by atoms with Crippen molar-refractivity contribution in [2.45, 2.75) is 437 Å². The highest BCUT2D eigenvalue weighted by Crippen LogP contribution is 2.47. The van der Waals surface area contributed by atoms with Crippen LogP contribution in [0.5, 0.6) is 0 Å². The Morgan fingerprint density at radius 2 is 0.747 bits per heavy atom. The zero-order chi connectivity index (χ0) is 56.5. The highest BCUT2D eigenvalue weighted by atomic mass is 16.7. The van der Waals surface area contributed by atoms with Crippen LogP contribution in [0.1, 0.15) is 419 Å². The number of unbranched alkanes of at least 4 members (excludes halogenated alkanes) is 5. The minimum atomic E-state index is -0.561.